The number of hydrogen-bond donors (Lipinski definition) is 2. The van der Waals surface area contributed by atoms with Gasteiger partial charge in [0, 0.05) is 339 Å². The van der Waals surface area contributed by atoms with Gasteiger partial charge in [-0.15, -0.1) is 5.56 Å². The molecule has 0 bridgehead atoms. The molecule has 0 amide bonds. The summed E-state index contributed by atoms with van der Waals surface area (Å²) in [5.74, 6) is 0.314. The van der Waals surface area contributed by atoms with Crippen LogP contribution in [0.2, 0.25) is 0 Å². The zero-order valence-corrected chi connectivity index (χ0v) is 46.0. The van der Waals surface area contributed by atoms with E-state index in [0.29, 0.717) is 23.6 Å². The Morgan fingerprint density at radius 1 is 1.03 bits per heavy atom. The van der Waals surface area contributed by atoms with Gasteiger partial charge in [0.1, 0.15) is 12.1 Å². The van der Waals surface area contributed by atoms with Crippen molar-refractivity contribution in [3.8, 4) is 11.3 Å². The van der Waals surface area contributed by atoms with Crippen molar-refractivity contribution in [2.75, 3.05) is 5.73 Å². The SMILES string of the molecule is Nc1ncnc(-c2cnn(Cc3ccc[cH-]3)c2)c1/C=C/O.[C-]#N.[Re].[Y].[Y].[Y].[Y].[Y].[Y].[Y].[Y].[Y]. The van der Waals surface area contributed by atoms with E-state index in [-0.39, 0.29) is 315 Å². The minimum absolute atomic E-state index is 0. The van der Waals surface area contributed by atoms with Crippen molar-refractivity contribution in [1.82, 2.24) is 19.7 Å². The van der Waals surface area contributed by atoms with Crippen LogP contribution in [0.3, 0.4) is 0 Å². The largest absolute Gasteiger partial charge is 0.516 e. The maximum absolute atomic E-state index is 8.98. The van der Waals surface area contributed by atoms with E-state index in [2.05, 4.69) is 15.1 Å². The first-order valence-corrected chi connectivity index (χ1v) is 6.65. The fourth-order valence-corrected chi connectivity index (χ4v) is 2.16. The Balaban J connectivity index is -0.0000000668. The molecule has 0 fully saturated rings. The van der Waals surface area contributed by atoms with Crippen molar-refractivity contribution in [1.29, 1.82) is 5.26 Å². The number of rotatable bonds is 4. The maximum Gasteiger partial charge on any atom is 0.134 e. The van der Waals surface area contributed by atoms with E-state index in [0.717, 1.165) is 11.8 Å². The molecule has 3 N–H and O–H groups in total. The van der Waals surface area contributed by atoms with Gasteiger partial charge in [-0.1, -0.05) is 0 Å². The average molecular weight is 1290 g/mol. The second-order valence-corrected chi connectivity index (χ2v) is 4.56. The predicted molar refractivity (Wildman–Crippen MR) is 85.4 cm³/mol. The molecule has 0 spiro atoms. The number of aliphatic hydroxyl groups excluding tert-OH is 1. The number of nitrogen functional groups attached to an aromatic ring is 1. The van der Waals surface area contributed by atoms with Gasteiger partial charge < -0.3 is 22.7 Å². The number of nitrogens with zero attached hydrogens (tertiary/aromatic N) is 5. The number of aromatic nitrogens is 4. The Labute approximate surface area is 435 Å². The summed E-state index contributed by atoms with van der Waals surface area (Å²) in [5.41, 5.74) is 9.04. The van der Waals surface area contributed by atoms with Crippen LogP contribution in [0.15, 0.2) is 49.2 Å². The molecule has 0 aliphatic carbocycles. The first-order chi connectivity index (χ1) is 11.3. The molecular formula is C16H14N6OReY9-2. The fourth-order valence-electron chi connectivity index (χ4n) is 2.16. The monoisotopic (exact) mass is 1290 g/mol. The summed E-state index contributed by atoms with van der Waals surface area (Å²) >= 11 is 0. The normalized spacial score (nSPS) is 7.21. The topological polar surface area (TPSA) is 114 Å². The van der Waals surface area contributed by atoms with E-state index in [1.165, 1.54) is 18.0 Å². The van der Waals surface area contributed by atoms with Crippen LogP contribution in [0.4, 0.5) is 5.82 Å². The summed E-state index contributed by atoms with van der Waals surface area (Å²) in [6.45, 7) is 5.44. The quantitative estimate of drug-likeness (QED) is 0.307. The van der Waals surface area contributed by atoms with Gasteiger partial charge in [-0.05, 0) is 6.08 Å². The van der Waals surface area contributed by atoms with Crippen molar-refractivity contribution in [2.45, 2.75) is 6.54 Å². The Morgan fingerprint density at radius 2 is 1.61 bits per heavy atom. The van der Waals surface area contributed by atoms with Crippen LogP contribution in [0, 0.1) is 11.8 Å². The van der Waals surface area contributed by atoms with E-state index >= 15 is 0 Å². The molecule has 0 aliphatic rings. The molecule has 3 rings (SSSR count). The summed E-state index contributed by atoms with van der Waals surface area (Å²) in [5, 5.41) is 19.6. The van der Waals surface area contributed by atoms with Crippen LogP contribution in [0.5, 0.6) is 0 Å². The van der Waals surface area contributed by atoms with Gasteiger partial charge in [-0.25, -0.2) is 22.1 Å². The molecule has 1 aromatic carbocycles. The van der Waals surface area contributed by atoms with Crippen LogP contribution >= 0.6 is 0 Å². The van der Waals surface area contributed by atoms with Gasteiger partial charge >= 0.3 is 0 Å². The van der Waals surface area contributed by atoms with E-state index in [1.54, 1.807) is 6.20 Å². The zero-order chi connectivity index (χ0) is 16.7. The molecule has 150 valence electrons. The number of anilines is 1. The number of hydrogen-bond acceptors (Lipinski definition) is 6. The maximum atomic E-state index is 8.98. The fraction of sp³-hybridized carbons (Fsp3) is 0.0625. The standard InChI is InChI=1S/C15H14N5O.CN.Re.9Y/c16-15-13(5-6-21)14(17-10-18-15)12-7-19-20(9-12)8-11-3-1-2-4-11;1-2;;;;;;;;;;/h1-7,9-10,21H,8H2,(H2,16,17,18);;;;;;;;;;;/q2*-1;;;;;;;;;;/b6-5+;;;;;;;;;;;. The van der Waals surface area contributed by atoms with E-state index in [1.807, 2.05) is 35.1 Å². The van der Waals surface area contributed by atoms with Gasteiger partial charge in [-0.3, -0.25) is 4.68 Å². The molecule has 0 saturated carbocycles. The molecular weight excluding hydrogens is 1280 g/mol. The zero-order valence-electron chi connectivity index (χ0n) is 17.7. The molecule has 0 saturated heterocycles. The first kappa shape index (κ1) is 63.4. The minimum atomic E-state index is 0. The van der Waals surface area contributed by atoms with Crippen molar-refractivity contribution in [3.63, 3.8) is 0 Å². The van der Waals surface area contributed by atoms with Crippen LogP contribution in [0.25, 0.3) is 17.3 Å². The van der Waals surface area contributed by atoms with Gasteiger partial charge in [0.2, 0.25) is 0 Å². The van der Waals surface area contributed by atoms with Crippen LogP contribution in [-0.2, 0) is 321 Å². The third-order valence-electron chi connectivity index (χ3n) is 3.14. The predicted octanol–water partition coefficient (Wildman–Crippen LogP) is 2.29. The van der Waals surface area contributed by atoms with Crippen molar-refractivity contribution < 1.29 is 320 Å². The number of nitrogens with two attached hydrogens (primary N) is 1. The Kier molecular flexibility index (Phi) is 75.0. The Morgan fingerprint density at radius 3 is 2.09 bits per heavy atom. The van der Waals surface area contributed by atoms with Crippen molar-refractivity contribution >= 4 is 11.9 Å². The molecule has 33 heavy (non-hydrogen) atoms. The van der Waals surface area contributed by atoms with Crippen molar-refractivity contribution in [3.05, 3.63) is 66.9 Å². The Hall–Kier alpha value is 7.07. The molecule has 3 aromatic rings. The van der Waals surface area contributed by atoms with E-state index in [4.69, 9.17) is 22.7 Å². The van der Waals surface area contributed by atoms with Crippen LogP contribution in [-0.4, -0.2) is 24.9 Å². The molecule has 0 atom stereocenters. The van der Waals surface area contributed by atoms with Gasteiger partial charge in [-0.2, -0.15) is 17.2 Å². The summed E-state index contributed by atoms with van der Waals surface area (Å²) in [6.07, 6.45) is 7.41. The first-order valence-electron chi connectivity index (χ1n) is 6.65. The second kappa shape index (κ2) is 39.1. The molecule has 2 heterocycles. The van der Waals surface area contributed by atoms with Crippen LogP contribution < -0.4 is 5.73 Å². The van der Waals surface area contributed by atoms with E-state index < -0.39 is 0 Å². The smallest absolute Gasteiger partial charge is 0.134 e. The third-order valence-corrected chi connectivity index (χ3v) is 3.14. The molecule has 7 nitrogen and oxygen atoms in total. The van der Waals surface area contributed by atoms with Gasteiger partial charge in [0.25, 0.3) is 0 Å². The molecule has 0 unspecified atom stereocenters. The molecule has 0 aliphatic heterocycles. The summed E-state index contributed by atoms with van der Waals surface area (Å²) in [6, 6.07) is 8.08. The van der Waals surface area contributed by atoms with Crippen molar-refractivity contribution in [2.24, 2.45) is 0 Å². The summed E-state index contributed by atoms with van der Waals surface area (Å²) in [4.78, 5) is 8.16. The van der Waals surface area contributed by atoms with E-state index in [9.17, 15) is 0 Å². The molecule has 2 aromatic heterocycles. The second-order valence-electron chi connectivity index (χ2n) is 4.56. The summed E-state index contributed by atoms with van der Waals surface area (Å²) in [7, 11) is 0. The number of aliphatic hydroxyl groups is 1. The third kappa shape index (κ3) is 23.2. The van der Waals surface area contributed by atoms with Crippen LogP contribution in [0.1, 0.15) is 11.1 Å². The van der Waals surface area contributed by atoms with Gasteiger partial charge in [0.05, 0.1) is 18.2 Å². The average Bonchev–Trinajstić information content (AvgIpc) is 3.24. The Bertz CT molecular complexity index is 835. The van der Waals surface area contributed by atoms with Gasteiger partial charge in [0.15, 0.2) is 0 Å². The molecule has 17 heteroatoms. The minimum Gasteiger partial charge on any atom is -0.516 e. The molecule has 10 radical (unpaired) electrons. The summed E-state index contributed by atoms with van der Waals surface area (Å²) < 4.78 is 1.83.